The van der Waals surface area contributed by atoms with Crippen LogP contribution in [0.5, 0.6) is 0 Å². The molecule has 2 bridgehead atoms. The van der Waals surface area contributed by atoms with Crippen molar-refractivity contribution in [2.75, 3.05) is 31.7 Å². The summed E-state index contributed by atoms with van der Waals surface area (Å²) in [7, 11) is -5.08. The number of aromatic amines is 1. The van der Waals surface area contributed by atoms with E-state index in [0.29, 0.717) is 17.6 Å². The number of rotatable bonds is 6. The zero-order chi connectivity index (χ0) is 35.6. The summed E-state index contributed by atoms with van der Waals surface area (Å²) in [5.41, 5.74) is -0.310. The molecule has 0 saturated carbocycles. The molecule has 50 heavy (non-hydrogen) atoms. The van der Waals surface area contributed by atoms with Crippen molar-refractivity contribution in [3.8, 4) is 0 Å². The highest BCUT2D eigenvalue weighted by Gasteiger charge is 2.51. The summed E-state index contributed by atoms with van der Waals surface area (Å²) in [5, 5.41) is 2.48. The van der Waals surface area contributed by atoms with Gasteiger partial charge in [0.05, 0.1) is 25.7 Å². The predicted molar refractivity (Wildman–Crippen MR) is 173 cm³/mol. The van der Waals surface area contributed by atoms with Crippen molar-refractivity contribution in [3.63, 3.8) is 0 Å². The first kappa shape index (κ1) is 36.2. The monoisotopic (exact) mass is 756 g/mol. The molecular formula is C26H31FN10O10P2S. The molecule has 0 aliphatic carbocycles. The standard InChI is InChI=1S/C26H31FN10O10P2S/c1-14(2)23(38)34-26-33-22-19(24(39)35-26)31-13-37(22)25-20-18(27)16(46-25)10-45-49(50,43-8-5-28-3)42-7-4-6-36-17(11-44-48(40,41)47-20)32-15-9-29-12-30-21(15)36/h9,12-14,16,18,20,25H,4-8,10-11H2,1-2H3,(H,40,41)(H2,33,34,35,38,39)/t16-,18-,20-,25-,49?/m1/s1. The van der Waals surface area contributed by atoms with Crippen molar-refractivity contribution >= 4 is 60.5 Å². The lowest BCUT2D eigenvalue weighted by Crippen LogP contribution is -2.32. The Bertz CT molecular complexity index is 2090. The van der Waals surface area contributed by atoms with Gasteiger partial charge in [0.2, 0.25) is 18.4 Å². The topological polar surface area (TPSA) is 233 Å². The number of anilines is 1. The molecule has 6 rings (SSSR count). The summed E-state index contributed by atoms with van der Waals surface area (Å²) in [6.07, 6.45) is -2.91. The molecule has 1 amide bonds. The van der Waals surface area contributed by atoms with Crippen molar-refractivity contribution in [1.82, 2.24) is 39.0 Å². The number of fused-ring (bicyclic) bond motifs is 6. The van der Waals surface area contributed by atoms with Crippen LogP contribution < -0.4 is 10.9 Å². The second-order valence-corrected chi connectivity index (χ2v) is 15.7. The second-order valence-electron chi connectivity index (χ2n) is 11.3. The summed E-state index contributed by atoms with van der Waals surface area (Å²) >= 11 is 5.58. The lowest BCUT2D eigenvalue weighted by Gasteiger charge is -2.24. The van der Waals surface area contributed by atoms with Crippen LogP contribution in [-0.2, 0) is 61.7 Å². The number of nitrogens with one attached hydrogen (secondary N) is 2. The molecule has 2 aliphatic heterocycles. The van der Waals surface area contributed by atoms with E-state index < -0.39 is 69.7 Å². The van der Waals surface area contributed by atoms with Gasteiger partial charge in [-0.15, -0.1) is 0 Å². The number of hydrogen-bond donors (Lipinski definition) is 3. The third-order valence-electron chi connectivity index (χ3n) is 7.46. The Kier molecular flexibility index (Phi) is 10.8. The fraction of sp³-hybridized carbons (Fsp3) is 0.538. The van der Waals surface area contributed by atoms with Gasteiger partial charge < -0.3 is 32.6 Å². The fourth-order valence-corrected chi connectivity index (χ4v) is 7.77. The summed E-state index contributed by atoms with van der Waals surface area (Å²) in [5.74, 6) is -0.939. The van der Waals surface area contributed by atoms with Crippen molar-refractivity contribution in [1.29, 1.82) is 0 Å². The highest BCUT2D eigenvalue weighted by Crippen LogP contribution is 2.53. The van der Waals surface area contributed by atoms with Crippen LogP contribution in [0.25, 0.3) is 27.2 Å². The van der Waals surface area contributed by atoms with Gasteiger partial charge in [0.25, 0.3) is 5.56 Å². The van der Waals surface area contributed by atoms with E-state index in [-0.39, 0.29) is 49.2 Å². The minimum Gasteiger partial charge on any atom is -0.346 e. The van der Waals surface area contributed by atoms with E-state index in [4.69, 9.17) is 45.7 Å². The van der Waals surface area contributed by atoms with Crippen molar-refractivity contribution in [3.05, 3.63) is 46.4 Å². The largest absolute Gasteiger partial charge is 0.473 e. The van der Waals surface area contributed by atoms with E-state index in [0.717, 1.165) is 10.9 Å². The molecule has 2 unspecified atom stereocenters. The van der Waals surface area contributed by atoms with Gasteiger partial charge in [0, 0.05) is 12.5 Å². The molecule has 20 nitrogen and oxygen atoms in total. The Morgan fingerprint density at radius 2 is 2.12 bits per heavy atom. The second kappa shape index (κ2) is 14.9. The number of phosphoric acid groups is 1. The molecule has 0 spiro atoms. The van der Waals surface area contributed by atoms with Crippen molar-refractivity contribution < 1.29 is 46.0 Å². The Balaban J connectivity index is 1.37. The fourth-order valence-electron chi connectivity index (χ4n) is 5.07. The van der Waals surface area contributed by atoms with Crippen LogP contribution in [-0.4, -0.2) is 94.6 Å². The number of alkyl halides is 1. The molecule has 6 atom stereocenters. The summed E-state index contributed by atoms with van der Waals surface area (Å²) in [6, 6.07) is 0. The van der Waals surface area contributed by atoms with Gasteiger partial charge in [-0.2, -0.15) is 4.98 Å². The van der Waals surface area contributed by atoms with E-state index >= 15 is 4.39 Å². The Hall–Kier alpha value is -3.61. The highest BCUT2D eigenvalue weighted by molar-refractivity contribution is 8.07. The van der Waals surface area contributed by atoms with Crippen molar-refractivity contribution in [2.45, 2.75) is 58.0 Å². The number of imidazole rings is 2. The Morgan fingerprint density at radius 3 is 2.90 bits per heavy atom. The molecule has 1 fully saturated rings. The van der Waals surface area contributed by atoms with E-state index in [2.05, 4.69) is 40.1 Å². The quantitative estimate of drug-likeness (QED) is 0.146. The molecule has 268 valence electrons. The molecule has 4 aromatic heterocycles. The first-order valence-corrected chi connectivity index (χ1v) is 19.2. The zero-order valence-corrected chi connectivity index (χ0v) is 29.1. The summed E-state index contributed by atoms with van der Waals surface area (Å²) in [4.78, 5) is 62.7. The van der Waals surface area contributed by atoms with Crippen LogP contribution in [0.1, 0.15) is 32.3 Å². The average Bonchev–Trinajstić information content (AvgIpc) is 3.74. The first-order chi connectivity index (χ1) is 23.9. The average molecular weight is 757 g/mol. The molecule has 24 heteroatoms. The first-order valence-electron chi connectivity index (χ1n) is 15.1. The van der Waals surface area contributed by atoms with Gasteiger partial charge in [-0.05, 0) is 18.2 Å². The van der Waals surface area contributed by atoms with Crippen LogP contribution in [0.3, 0.4) is 0 Å². The summed E-state index contributed by atoms with van der Waals surface area (Å²) < 4.78 is 66.5. The zero-order valence-electron chi connectivity index (χ0n) is 26.4. The lowest BCUT2D eigenvalue weighted by molar-refractivity contribution is -0.118. The Labute approximate surface area is 287 Å². The summed E-state index contributed by atoms with van der Waals surface area (Å²) in [6.45, 7) is 5.75. The van der Waals surface area contributed by atoms with E-state index in [1.807, 2.05) is 0 Å². The third kappa shape index (κ3) is 7.82. The number of hydrogen-bond acceptors (Lipinski definition) is 15. The number of phosphoric ester groups is 1. The van der Waals surface area contributed by atoms with Crippen LogP contribution in [0, 0.1) is 12.5 Å². The maximum Gasteiger partial charge on any atom is 0.473 e. The predicted octanol–water partition coefficient (Wildman–Crippen LogP) is 2.39. The van der Waals surface area contributed by atoms with Gasteiger partial charge in [-0.25, -0.2) is 35.5 Å². The maximum atomic E-state index is 16.3. The normalized spacial score (nSPS) is 28.1. The van der Waals surface area contributed by atoms with E-state index in [1.54, 1.807) is 18.4 Å². The lowest BCUT2D eigenvalue weighted by atomic mass is 10.1. The number of carbonyl (C=O) groups excluding carboxylic acids is 1. The van der Waals surface area contributed by atoms with Crippen LogP contribution in [0.2, 0.25) is 0 Å². The number of aromatic nitrogens is 8. The number of nitrogens with zero attached hydrogens (tertiary/aromatic N) is 8. The van der Waals surface area contributed by atoms with E-state index in [9.17, 15) is 19.0 Å². The number of aryl methyl sites for hydroxylation is 1. The van der Waals surface area contributed by atoms with Crippen LogP contribution in [0.15, 0.2) is 23.6 Å². The molecule has 0 aromatic carbocycles. The Morgan fingerprint density at radius 1 is 1.30 bits per heavy atom. The number of ether oxygens (including phenoxy) is 1. The molecule has 6 heterocycles. The molecular weight excluding hydrogens is 725 g/mol. The third-order valence-corrected chi connectivity index (χ3v) is 10.8. The molecule has 2 aliphatic rings. The molecule has 4 aromatic rings. The van der Waals surface area contributed by atoms with Crippen LogP contribution in [0.4, 0.5) is 10.3 Å². The number of amides is 1. The molecule has 0 radical (unpaired) electrons. The minimum atomic E-state index is -5.08. The van der Waals surface area contributed by atoms with Gasteiger partial charge in [-0.1, -0.05) is 13.8 Å². The number of H-pyrrole nitrogens is 1. The minimum absolute atomic E-state index is 0.00863. The van der Waals surface area contributed by atoms with E-state index in [1.165, 1.54) is 12.5 Å². The van der Waals surface area contributed by atoms with Gasteiger partial charge in [-0.3, -0.25) is 33.5 Å². The van der Waals surface area contributed by atoms with Gasteiger partial charge >= 0.3 is 14.5 Å². The molecule has 3 N–H and O–H groups in total. The van der Waals surface area contributed by atoms with Crippen molar-refractivity contribution in [2.24, 2.45) is 5.92 Å². The highest BCUT2D eigenvalue weighted by atomic mass is 32.5. The van der Waals surface area contributed by atoms with Crippen LogP contribution >= 0.6 is 14.5 Å². The number of halogens is 1. The van der Waals surface area contributed by atoms with Gasteiger partial charge in [0.1, 0.15) is 43.1 Å². The number of carbonyl (C=O) groups is 1. The van der Waals surface area contributed by atoms with Gasteiger partial charge in [0.15, 0.2) is 29.2 Å². The molecule has 1 saturated heterocycles. The smallest absolute Gasteiger partial charge is 0.346 e. The maximum absolute atomic E-state index is 16.3. The SMILES string of the molecule is [C-]#[N+]CCOP1(=S)OCCCn2c(nc3cncnc32)COP(=O)(O)O[C@@H]2[C@H](F)[C@@H](CO1)O[C@H]2n1cnc2c(=O)[nH]c(NC(=O)C(C)C)nc21.